The largest absolute Gasteiger partial charge is 0.479 e. The minimum Gasteiger partial charge on any atom is -0.479 e. The van der Waals surface area contributed by atoms with Crippen LogP contribution in [0.15, 0.2) is 0 Å². The molecule has 20 heavy (non-hydrogen) atoms. The second-order valence-electron chi connectivity index (χ2n) is 4.52. The van der Waals surface area contributed by atoms with Gasteiger partial charge in [0.1, 0.15) is 6.61 Å². The highest BCUT2D eigenvalue weighted by Crippen LogP contribution is 2.19. The van der Waals surface area contributed by atoms with Crippen LogP contribution in [0, 0.1) is 0 Å². The number of carboxylic acid groups (broad SMARTS) is 1. The van der Waals surface area contributed by atoms with Crippen LogP contribution in [0.2, 0.25) is 0 Å². The fourth-order valence-electron chi connectivity index (χ4n) is 1.63. The Hall–Kier alpha value is -0.408. The maximum Gasteiger partial charge on any atom is 0.343 e. The lowest BCUT2D eigenvalue weighted by atomic mass is 9.95. The van der Waals surface area contributed by atoms with E-state index in [4.69, 9.17) is 9.47 Å². The van der Waals surface area contributed by atoms with Gasteiger partial charge in [0.25, 0.3) is 0 Å². The van der Waals surface area contributed by atoms with E-state index in [1.165, 1.54) is 0 Å². The quantitative estimate of drug-likeness (QED) is 0.334. The summed E-state index contributed by atoms with van der Waals surface area (Å²) in [5.74, 6) is -1.73. The van der Waals surface area contributed by atoms with Gasteiger partial charge in [-0.15, -0.1) is 0 Å². The maximum absolute atomic E-state index is 12.1. The molecule has 0 heterocycles. The molecule has 1 unspecified atom stereocenters. The highest BCUT2D eigenvalue weighted by atomic mass is 27.0. The van der Waals surface area contributed by atoms with Crippen LogP contribution in [-0.4, -0.2) is 59.6 Å². The van der Waals surface area contributed by atoms with E-state index in [9.17, 15) is 14.7 Å². The van der Waals surface area contributed by atoms with Crippen molar-refractivity contribution >= 4 is 29.1 Å². The number of hydrogen-bond donors (Lipinski definition) is 1. The first-order chi connectivity index (χ1) is 9.05. The van der Waals surface area contributed by atoms with Crippen molar-refractivity contribution in [3.8, 4) is 0 Å². The molecule has 0 aliphatic rings. The second kappa shape index (κ2) is 12.3. The van der Waals surface area contributed by atoms with Crippen LogP contribution in [0.5, 0.6) is 0 Å². The predicted octanol–water partition coefficient (Wildman–Crippen LogP) is 1.24. The van der Waals surface area contributed by atoms with E-state index in [1.807, 2.05) is 13.8 Å². The first kappa shape index (κ1) is 21.9. The Kier molecular flexibility index (Phi) is 13.5. The summed E-state index contributed by atoms with van der Waals surface area (Å²) in [6.07, 6.45) is 3.57. The Morgan fingerprint density at radius 3 is 2.05 bits per heavy atom. The number of ether oxygens (including phenoxy) is 2. The molecule has 0 fully saturated rings. The van der Waals surface area contributed by atoms with Crippen molar-refractivity contribution in [1.29, 1.82) is 0 Å². The lowest BCUT2D eigenvalue weighted by Gasteiger charge is -2.26. The fourth-order valence-corrected chi connectivity index (χ4v) is 1.63. The van der Waals surface area contributed by atoms with Crippen LogP contribution in [0.1, 0.15) is 52.9 Å². The highest BCUT2D eigenvalue weighted by molar-refractivity contribution is 6.07. The molecule has 5 nitrogen and oxygen atoms in total. The number of carbonyl (C=O) groups is 2. The number of unbranched alkanes of at least 4 members (excludes halogenated alkanes) is 2. The van der Waals surface area contributed by atoms with E-state index in [2.05, 4.69) is 0 Å². The van der Waals surface area contributed by atoms with Gasteiger partial charge in [0, 0.05) is 13.2 Å². The van der Waals surface area contributed by atoms with Gasteiger partial charge >= 0.3 is 5.97 Å². The molecule has 1 atom stereocenters. The summed E-state index contributed by atoms with van der Waals surface area (Å²) in [5.41, 5.74) is -1.75. The molecule has 6 heteroatoms. The molecule has 0 aliphatic carbocycles. The van der Waals surface area contributed by atoms with Gasteiger partial charge in [-0.05, 0) is 19.3 Å². The molecule has 118 valence electrons. The SMILES string of the molecule is CCCCOCC(=O)C(CC)(OCCCC)C(=O)O.[AlH3]. The van der Waals surface area contributed by atoms with Crippen LogP contribution < -0.4 is 0 Å². The van der Waals surface area contributed by atoms with E-state index < -0.39 is 17.4 Å². The van der Waals surface area contributed by atoms with E-state index in [0.717, 1.165) is 25.7 Å². The number of carbonyl (C=O) groups excluding carboxylic acids is 1. The molecule has 0 aliphatic heterocycles. The van der Waals surface area contributed by atoms with Gasteiger partial charge in [-0.3, -0.25) is 4.79 Å². The number of ketones is 1. The highest BCUT2D eigenvalue weighted by Gasteiger charge is 2.45. The smallest absolute Gasteiger partial charge is 0.343 e. The van der Waals surface area contributed by atoms with Gasteiger partial charge in [-0.25, -0.2) is 4.79 Å². The van der Waals surface area contributed by atoms with Crippen LogP contribution in [0.4, 0.5) is 0 Å². The van der Waals surface area contributed by atoms with Crippen molar-refractivity contribution in [3.63, 3.8) is 0 Å². The summed E-state index contributed by atoms with van der Waals surface area (Å²) in [7, 11) is 0. The molecule has 0 aromatic rings. The molecule has 0 radical (unpaired) electrons. The third kappa shape index (κ3) is 6.85. The number of rotatable bonds is 12. The Bertz CT molecular complexity index is 283. The first-order valence-electron chi connectivity index (χ1n) is 7.03. The summed E-state index contributed by atoms with van der Waals surface area (Å²) < 4.78 is 10.6. The zero-order valence-electron chi connectivity index (χ0n) is 12.2. The molecule has 0 aromatic carbocycles. The molecule has 0 spiro atoms. The fraction of sp³-hybridized carbons (Fsp3) is 0.857. The Labute approximate surface area is 132 Å². The number of hydrogen-bond acceptors (Lipinski definition) is 4. The summed E-state index contributed by atoms with van der Waals surface area (Å²) in [5, 5.41) is 9.29. The van der Waals surface area contributed by atoms with E-state index >= 15 is 0 Å². The van der Waals surface area contributed by atoms with Crippen LogP contribution in [0.3, 0.4) is 0 Å². The third-order valence-electron chi connectivity index (χ3n) is 3.02. The molecule has 0 aromatic heterocycles. The molecule has 0 saturated carbocycles. The summed E-state index contributed by atoms with van der Waals surface area (Å²) in [6.45, 7) is 6.18. The lowest BCUT2D eigenvalue weighted by Crippen LogP contribution is -2.50. The summed E-state index contributed by atoms with van der Waals surface area (Å²) in [6, 6.07) is 0. The summed E-state index contributed by atoms with van der Waals surface area (Å²) >= 11 is 0. The third-order valence-corrected chi connectivity index (χ3v) is 3.02. The number of aliphatic carboxylic acids is 1. The van der Waals surface area contributed by atoms with Gasteiger partial charge in [-0.1, -0.05) is 33.6 Å². The van der Waals surface area contributed by atoms with E-state index in [0.29, 0.717) is 6.61 Å². The van der Waals surface area contributed by atoms with E-state index in [1.54, 1.807) is 6.92 Å². The van der Waals surface area contributed by atoms with Crippen molar-refractivity contribution in [2.24, 2.45) is 0 Å². The monoisotopic (exact) mass is 304 g/mol. The Balaban J connectivity index is 0. The average Bonchev–Trinajstić information content (AvgIpc) is 2.39. The minimum absolute atomic E-state index is 0. The van der Waals surface area contributed by atoms with Crippen molar-refractivity contribution in [3.05, 3.63) is 0 Å². The molecular weight excluding hydrogens is 275 g/mol. The van der Waals surface area contributed by atoms with Crippen LogP contribution in [0.25, 0.3) is 0 Å². The van der Waals surface area contributed by atoms with Crippen LogP contribution in [-0.2, 0) is 19.1 Å². The minimum atomic E-state index is -1.75. The zero-order chi connectivity index (χ0) is 14.7. The molecule has 0 saturated heterocycles. The Morgan fingerprint density at radius 1 is 1.05 bits per heavy atom. The number of carboxylic acids is 1. The molecule has 0 bridgehead atoms. The summed E-state index contributed by atoms with van der Waals surface area (Å²) in [4.78, 5) is 23.4. The standard InChI is InChI=1S/C14H26O5.Al.3H/c1-4-7-9-18-11-12(15)14(6-3,13(16)17)19-10-8-5-2;;;;/h4-11H2,1-3H3,(H,16,17);;;;. The molecule has 1 N–H and O–H groups in total. The molecule has 0 amide bonds. The van der Waals surface area contributed by atoms with Gasteiger partial charge in [-0.2, -0.15) is 0 Å². The number of Topliss-reactive ketones (excluding diaryl/α,β-unsaturated/α-hetero) is 1. The van der Waals surface area contributed by atoms with Crippen molar-refractivity contribution < 1.29 is 24.2 Å². The van der Waals surface area contributed by atoms with Crippen molar-refractivity contribution in [1.82, 2.24) is 0 Å². The van der Waals surface area contributed by atoms with Gasteiger partial charge in [0.15, 0.2) is 17.4 Å². The van der Waals surface area contributed by atoms with Crippen LogP contribution >= 0.6 is 0 Å². The van der Waals surface area contributed by atoms with Gasteiger partial charge in [0.05, 0.1) is 0 Å². The zero-order valence-corrected chi connectivity index (χ0v) is 12.2. The second-order valence-corrected chi connectivity index (χ2v) is 4.52. The Morgan fingerprint density at radius 2 is 1.60 bits per heavy atom. The topological polar surface area (TPSA) is 72.8 Å². The van der Waals surface area contributed by atoms with Gasteiger partial charge in [0.2, 0.25) is 11.4 Å². The van der Waals surface area contributed by atoms with E-state index in [-0.39, 0.29) is 37.0 Å². The van der Waals surface area contributed by atoms with Crippen molar-refractivity contribution in [2.45, 2.75) is 58.5 Å². The van der Waals surface area contributed by atoms with Gasteiger partial charge < -0.3 is 14.6 Å². The predicted molar refractivity (Wildman–Crippen MR) is 82.2 cm³/mol. The lowest BCUT2D eigenvalue weighted by molar-refractivity contribution is -0.175. The maximum atomic E-state index is 12.1. The average molecular weight is 304 g/mol. The first-order valence-corrected chi connectivity index (χ1v) is 7.03. The molecular formula is C14H29AlO5. The molecule has 0 rings (SSSR count). The normalized spacial score (nSPS) is 13.3. The van der Waals surface area contributed by atoms with Crippen molar-refractivity contribution in [2.75, 3.05) is 19.8 Å².